The summed E-state index contributed by atoms with van der Waals surface area (Å²) in [5.41, 5.74) is 2.77. The predicted octanol–water partition coefficient (Wildman–Crippen LogP) is 3.70. The Hall–Kier alpha value is -1.92. The maximum absolute atomic E-state index is 13.2. The van der Waals surface area contributed by atoms with Crippen LogP contribution in [0.2, 0.25) is 0 Å². The first-order valence-corrected chi connectivity index (χ1v) is 11.0. The summed E-state index contributed by atoms with van der Waals surface area (Å²) in [6, 6.07) is 5.98. The molecule has 1 fully saturated rings. The van der Waals surface area contributed by atoms with Crippen molar-refractivity contribution in [2.75, 3.05) is 39.4 Å². The van der Waals surface area contributed by atoms with Crippen LogP contribution in [0.1, 0.15) is 56.6 Å². The number of fused-ring (bicyclic) bond motifs is 1. The van der Waals surface area contributed by atoms with E-state index in [0.29, 0.717) is 11.8 Å². The second-order valence-electron chi connectivity index (χ2n) is 8.97. The van der Waals surface area contributed by atoms with E-state index in [-0.39, 0.29) is 5.91 Å². The van der Waals surface area contributed by atoms with Crippen molar-refractivity contribution < 1.29 is 9.53 Å². The fraction of sp³-hybridized carbons (Fsp3) is 0.652. The van der Waals surface area contributed by atoms with Crippen LogP contribution in [0, 0.1) is 11.8 Å². The summed E-state index contributed by atoms with van der Waals surface area (Å²) in [5, 5.41) is 4.68. The first-order chi connectivity index (χ1) is 13.9. The summed E-state index contributed by atoms with van der Waals surface area (Å²) >= 11 is 0. The van der Waals surface area contributed by atoms with Gasteiger partial charge in [0.15, 0.2) is 0 Å². The van der Waals surface area contributed by atoms with E-state index in [0.717, 1.165) is 75.6 Å². The number of carbonyl (C=O) groups excluding carboxylic acids is 1. The van der Waals surface area contributed by atoms with Crippen LogP contribution >= 0.6 is 0 Å². The molecule has 29 heavy (non-hydrogen) atoms. The number of carbonyl (C=O) groups is 1. The van der Waals surface area contributed by atoms with Crippen LogP contribution in [0.3, 0.4) is 0 Å². The Morgan fingerprint density at radius 2 is 1.76 bits per heavy atom. The van der Waals surface area contributed by atoms with Gasteiger partial charge >= 0.3 is 0 Å². The Balaban J connectivity index is 1.72. The number of hydrogen-bond donors (Lipinski definition) is 0. The lowest BCUT2D eigenvalue weighted by Gasteiger charge is -2.25. The minimum atomic E-state index is 0.129. The molecule has 3 heterocycles. The Labute approximate surface area is 174 Å². The van der Waals surface area contributed by atoms with Gasteiger partial charge in [-0.05, 0) is 42.9 Å². The Morgan fingerprint density at radius 1 is 1.10 bits per heavy atom. The third-order valence-corrected chi connectivity index (χ3v) is 5.49. The zero-order chi connectivity index (χ0) is 20.8. The van der Waals surface area contributed by atoms with Crippen molar-refractivity contribution in [3.05, 3.63) is 35.7 Å². The normalized spacial score (nSPS) is 15.5. The van der Waals surface area contributed by atoms with Gasteiger partial charge in [-0.1, -0.05) is 27.7 Å². The molecule has 6 heteroatoms. The Morgan fingerprint density at radius 3 is 2.38 bits per heavy atom. The molecule has 0 aliphatic carbocycles. The van der Waals surface area contributed by atoms with Crippen molar-refractivity contribution in [1.82, 2.24) is 19.4 Å². The van der Waals surface area contributed by atoms with Gasteiger partial charge in [-0.2, -0.15) is 5.10 Å². The van der Waals surface area contributed by atoms with Gasteiger partial charge in [0.2, 0.25) is 0 Å². The van der Waals surface area contributed by atoms with E-state index in [9.17, 15) is 4.79 Å². The number of nitrogens with zero attached hydrogens (tertiary/aromatic N) is 4. The molecular weight excluding hydrogens is 364 g/mol. The van der Waals surface area contributed by atoms with Gasteiger partial charge in [0.25, 0.3) is 5.91 Å². The highest BCUT2D eigenvalue weighted by Crippen LogP contribution is 2.16. The molecule has 3 rings (SSSR count). The number of hydrogen-bond acceptors (Lipinski definition) is 4. The average molecular weight is 401 g/mol. The van der Waals surface area contributed by atoms with Gasteiger partial charge in [-0.3, -0.25) is 9.69 Å². The second-order valence-corrected chi connectivity index (χ2v) is 8.97. The third-order valence-electron chi connectivity index (χ3n) is 5.49. The minimum absolute atomic E-state index is 0.129. The molecule has 160 valence electrons. The fourth-order valence-corrected chi connectivity index (χ4v) is 3.57. The first kappa shape index (κ1) is 21.8. The van der Waals surface area contributed by atoms with Gasteiger partial charge in [0.05, 0.1) is 24.4 Å². The molecule has 0 aromatic carbocycles. The molecule has 0 N–H and O–H groups in total. The molecule has 1 aliphatic heterocycles. The van der Waals surface area contributed by atoms with Crippen LogP contribution in [0.5, 0.6) is 0 Å². The quantitative estimate of drug-likeness (QED) is 0.644. The van der Waals surface area contributed by atoms with E-state index < -0.39 is 0 Å². The summed E-state index contributed by atoms with van der Waals surface area (Å²) in [7, 11) is 0. The van der Waals surface area contributed by atoms with Crippen LogP contribution in [0.25, 0.3) is 5.52 Å². The summed E-state index contributed by atoms with van der Waals surface area (Å²) in [4.78, 5) is 17.6. The van der Waals surface area contributed by atoms with Crippen LogP contribution in [0.4, 0.5) is 0 Å². The van der Waals surface area contributed by atoms with Crippen molar-refractivity contribution in [2.45, 2.75) is 47.1 Å². The zero-order valence-corrected chi connectivity index (χ0v) is 18.4. The molecular formula is C23H36N4O2. The van der Waals surface area contributed by atoms with E-state index in [2.05, 4.69) is 43.8 Å². The van der Waals surface area contributed by atoms with Crippen molar-refractivity contribution in [3.63, 3.8) is 0 Å². The van der Waals surface area contributed by atoms with Crippen molar-refractivity contribution in [3.8, 4) is 0 Å². The third kappa shape index (κ3) is 6.28. The maximum atomic E-state index is 13.2. The summed E-state index contributed by atoms with van der Waals surface area (Å²) < 4.78 is 7.29. The zero-order valence-electron chi connectivity index (χ0n) is 18.4. The lowest BCUT2D eigenvalue weighted by atomic mass is 10.1. The SMILES string of the molecule is CC(C)CCN(CCC(C)C)C(=O)c1ccn2nc(CN3CCOCC3)cc2c1. The van der Waals surface area contributed by atoms with E-state index in [1.54, 1.807) is 0 Å². The van der Waals surface area contributed by atoms with Crippen LogP contribution in [-0.4, -0.2) is 64.7 Å². The molecule has 6 nitrogen and oxygen atoms in total. The highest BCUT2D eigenvalue weighted by molar-refractivity contribution is 5.95. The highest BCUT2D eigenvalue weighted by Gasteiger charge is 2.18. The smallest absolute Gasteiger partial charge is 0.253 e. The van der Waals surface area contributed by atoms with Gasteiger partial charge in [0, 0.05) is 44.5 Å². The molecule has 1 saturated heterocycles. The number of pyridine rings is 1. The Kier molecular flexibility index (Phi) is 7.67. The molecule has 0 bridgehead atoms. The van der Waals surface area contributed by atoms with Gasteiger partial charge in [-0.25, -0.2) is 4.52 Å². The Bertz CT molecular complexity index is 781. The van der Waals surface area contributed by atoms with E-state index in [1.165, 1.54) is 0 Å². The van der Waals surface area contributed by atoms with E-state index in [1.807, 2.05) is 27.7 Å². The number of morpholine rings is 1. The highest BCUT2D eigenvalue weighted by atomic mass is 16.5. The van der Waals surface area contributed by atoms with Crippen LogP contribution in [0.15, 0.2) is 24.4 Å². The molecule has 2 aromatic heterocycles. The number of ether oxygens (including phenoxy) is 1. The van der Waals surface area contributed by atoms with Crippen molar-refractivity contribution in [2.24, 2.45) is 11.8 Å². The van der Waals surface area contributed by atoms with Gasteiger partial charge in [-0.15, -0.1) is 0 Å². The topological polar surface area (TPSA) is 50.1 Å². The number of amides is 1. The summed E-state index contributed by atoms with van der Waals surface area (Å²) in [6.07, 6.45) is 3.97. The standard InChI is InChI=1S/C23H36N4O2/c1-18(2)5-8-26(9-6-19(3)4)23(28)20-7-10-27-22(15-20)16-21(24-27)17-25-11-13-29-14-12-25/h7,10,15-16,18-19H,5-6,8-9,11-14,17H2,1-4H3. The molecule has 1 amide bonds. The van der Waals surface area contributed by atoms with E-state index >= 15 is 0 Å². The summed E-state index contributed by atoms with van der Waals surface area (Å²) in [5.74, 6) is 1.30. The molecule has 2 aromatic rings. The molecule has 0 atom stereocenters. The fourth-order valence-electron chi connectivity index (χ4n) is 3.57. The van der Waals surface area contributed by atoms with Crippen LogP contribution in [-0.2, 0) is 11.3 Å². The molecule has 1 aliphatic rings. The van der Waals surface area contributed by atoms with Gasteiger partial charge < -0.3 is 9.64 Å². The average Bonchev–Trinajstić information content (AvgIpc) is 3.09. The molecule has 0 unspecified atom stereocenters. The summed E-state index contributed by atoms with van der Waals surface area (Å²) in [6.45, 7) is 14.7. The lowest BCUT2D eigenvalue weighted by Crippen LogP contribution is -2.35. The second kappa shape index (κ2) is 10.2. The predicted molar refractivity (Wildman–Crippen MR) is 116 cm³/mol. The van der Waals surface area contributed by atoms with Crippen molar-refractivity contribution >= 4 is 11.4 Å². The van der Waals surface area contributed by atoms with Crippen molar-refractivity contribution in [1.29, 1.82) is 0 Å². The minimum Gasteiger partial charge on any atom is -0.379 e. The van der Waals surface area contributed by atoms with Crippen LogP contribution < -0.4 is 0 Å². The number of aromatic nitrogens is 2. The number of rotatable bonds is 9. The van der Waals surface area contributed by atoms with E-state index in [4.69, 9.17) is 4.74 Å². The lowest BCUT2D eigenvalue weighted by molar-refractivity contribution is 0.0336. The molecule has 0 saturated carbocycles. The monoisotopic (exact) mass is 400 g/mol. The van der Waals surface area contributed by atoms with Gasteiger partial charge in [0.1, 0.15) is 0 Å². The largest absolute Gasteiger partial charge is 0.379 e. The molecule has 0 spiro atoms. The molecule has 0 radical (unpaired) electrons. The first-order valence-electron chi connectivity index (χ1n) is 11.0. The maximum Gasteiger partial charge on any atom is 0.253 e.